The summed E-state index contributed by atoms with van der Waals surface area (Å²) in [7, 11) is 0.897. The molecule has 0 amide bonds. The van der Waals surface area contributed by atoms with Crippen LogP contribution >= 0.6 is 39.9 Å². The Balaban J connectivity index is 0.00000210. The van der Waals surface area contributed by atoms with Crippen molar-refractivity contribution in [2.75, 3.05) is 40.3 Å². The molecule has 4 rings (SSSR count). The Labute approximate surface area is 187 Å². The number of fused-ring (bicyclic) bond motifs is 3. The Bertz CT molecular complexity index is 976. The van der Waals surface area contributed by atoms with Crippen LogP contribution in [0.3, 0.4) is 0 Å². The van der Waals surface area contributed by atoms with Gasteiger partial charge in [0.15, 0.2) is 0 Å². The fraction of sp³-hybridized carbons (Fsp3) is 0.400. The summed E-state index contributed by atoms with van der Waals surface area (Å²) in [6.45, 7) is 3.05. The monoisotopic (exact) mass is 563 g/mol. The molecule has 0 N–H and O–H groups in total. The summed E-state index contributed by atoms with van der Waals surface area (Å²) in [6.07, 6.45) is 1.69. The number of likely N-dealkylation sites (N-methyl/N-ethyl adjacent to an activating group) is 1. The number of hydrogen-bond donors (Lipinski definition) is 0. The van der Waals surface area contributed by atoms with Gasteiger partial charge in [-0.1, -0.05) is 28.1 Å². The molecular formula is C20H25BrIN2O2S+. The lowest BCUT2D eigenvalue weighted by Crippen LogP contribution is -2.43. The third-order valence-corrected chi connectivity index (χ3v) is 7.97. The molecule has 0 unspecified atom stereocenters. The number of halogens is 2. The van der Waals surface area contributed by atoms with E-state index in [1.807, 2.05) is 18.2 Å². The summed E-state index contributed by atoms with van der Waals surface area (Å²) in [6, 6.07) is 11.9. The van der Waals surface area contributed by atoms with Crippen LogP contribution in [0.2, 0.25) is 0 Å². The number of quaternary nitrogens is 1. The first kappa shape index (κ1) is 21.2. The molecule has 0 spiro atoms. The van der Waals surface area contributed by atoms with Gasteiger partial charge in [-0.05, 0) is 52.9 Å². The quantitative estimate of drug-likeness (QED) is 0.348. The first-order valence-electron chi connectivity index (χ1n) is 9.00. The Morgan fingerprint density at radius 2 is 1.63 bits per heavy atom. The van der Waals surface area contributed by atoms with Crippen LogP contribution in [0.4, 0.5) is 0 Å². The Morgan fingerprint density at radius 3 is 2.37 bits per heavy atom. The average molecular weight is 564 g/mol. The van der Waals surface area contributed by atoms with E-state index in [0.717, 1.165) is 46.0 Å². The van der Waals surface area contributed by atoms with Crippen molar-refractivity contribution in [2.45, 2.75) is 17.7 Å². The molecule has 27 heavy (non-hydrogen) atoms. The zero-order valence-electron chi connectivity index (χ0n) is 15.6. The van der Waals surface area contributed by atoms with Crippen molar-refractivity contribution in [2.24, 2.45) is 0 Å². The largest absolute Gasteiger partial charge is 0.327 e. The summed E-state index contributed by atoms with van der Waals surface area (Å²) in [4.78, 5) is 0.426. The minimum absolute atomic E-state index is 0. The van der Waals surface area contributed by atoms with E-state index in [4.69, 9.17) is 0 Å². The van der Waals surface area contributed by atoms with Gasteiger partial charge in [0.05, 0.1) is 38.6 Å². The third-order valence-electron chi connectivity index (χ3n) is 5.58. The Hall–Kier alpha value is -0.480. The second-order valence-electron chi connectivity index (χ2n) is 7.94. The minimum Gasteiger partial charge on any atom is -0.327 e. The van der Waals surface area contributed by atoms with Gasteiger partial charge in [-0.3, -0.25) is 0 Å². The molecule has 0 aromatic heterocycles. The fourth-order valence-electron chi connectivity index (χ4n) is 3.99. The van der Waals surface area contributed by atoms with Crippen molar-refractivity contribution in [1.29, 1.82) is 0 Å². The Kier molecular flexibility index (Phi) is 6.09. The summed E-state index contributed by atoms with van der Waals surface area (Å²) in [5.74, 6) is 0. The van der Waals surface area contributed by atoms with Gasteiger partial charge in [-0.25, -0.2) is 8.42 Å². The molecule has 2 aromatic rings. The zero-order valence-corrected chi connectivity index (χ0v) is 20.3. The smallest absolute Gasteiger partial charge is 0.243 e. The van der Waals surface area contributed by atoms with Crippen LogP contribution < -0.4 is 0 Å². The first-order chi connectivity index (χ1) is 12.3. The summed E-state index contributed by atoms with van der Waals surface area (Å²) >= 11 is 3.52. The van der Waals surface area contributed by atoms with Crippen LogP contribution in [-0.2, 0) is 16.4 Å². The Morgan fingerprint density at radius 1 is 0.963 bits per heavy atom. The van der Waals surface area contributed by atoms with Gasteiger partial charge in [0.25, 0.3) is 0 Å². The fourth-order valence-corrected chi connectivity index (χ4v) is 5.92. The molecule has 1 aliphatic carbocycles. The van der Waals surface area contributed by atoms with Crippen molar-refractivity contribution in [3.63, 3.8) is 0 Å². The van der Waals surface area contributed by atoms with Gasteiger partial charge in [0, 0.05) is 17.4 Å². The van der Waals surface area contributed by atoms with Crippen LogP contribution in [0, 0.1) is 0 Å². The maximum Gasteiger partial charge on any atom is 0.243 e. The van der Waals surface area contributed by atoms with E-state index in [-0.39, 0.29) is 24.0 Å². The molecule has 2 aliphatic rings. The van der Waals surface area contributed by atoms with Gasteiger partial charge in [-0.2, -0.15) is 4.31 Å². The van der Waals surface area contributed by atoms with Gasteiger partial charge < -0.3 is 4.48 Å². The predicted octanol–water partition coefficient (Wildman–Crippen LogP) is 4.11. The highest BCUT2D eigenvalue weighted by atomic mass is 127. The van der Waals surface area contributed by atoms with Crippen LogP contribution in [0.5, 0.6) is 0 Å². The molecule has 146 valence electrons. The van der Waals surface area contributed by atoms with E-state index in [9.17, 15) is 8.42 Å². The van der Waals surface area contributed by atoms with E-state index in [1.54, 1.807) is 10.4 Å². The van der Waals surface area contributed by atoms with Gasteiger partial charge in [0.2, 0.25) is 10.0 Å². The number of nitrogens with zero attached hydrogens (tertiary/aromatic N) is 2. The van der Waals surface area contributed by atoms with Crippen molar-refractivity contribution in [3.8, 4) is 11.1 Å². The second-order valence-corrected chi connectivity index (χ2v) is 10.8. The first-order valence-corrected chi connectivity index (χ1v) is 11.2. The summed E-state index contributed by atoms with van der Waals surface area (Å²) in [5, 5.41) is 0. The molecule has 0 radical (unpaired) electrons. The van der Waals surface area contributed by atoms with Crippen LogP contribution in [0.25, 0.3) is 11.1 Å². The van der Waals surface area contributed by atoms with Crippen molar-refractivity contribution >= 4 is 49.9 Å². The summed E-state index contributed by atoms with van der Waals surface area (Å²) in [5.41, 5.74) is 4.71. The van der Waals surface area contributed by atoms with Gasteiger partial charge >= 0.3 is 0 Å². The molecule has 7 heteroatoms. The molecule has 0 bridgehead atoms. The lowest BCUT2D eigenvalue weighted by atomic mass is 10.1. The third kappa shape index (κ3) is 4.12. The lowest BCUT2D eigenvalue weighted by Gasteiger charge is -2.27. The standard InChI is InChI=1S/C20H24BrN2O2S.HI/c1-23(2)10-3-8-22(9-11-23)26(24,25)18-5-7-20-16(14-18)12-15-13-17(21)4-6-19(15)20;/h4-7,13-14H,3,8-12H2,1-2H3;1H/q+1;. The highest BCUT2D eigenvalue weighted by molar-refractivity contribution is 14.0. The zero-order chi connectivity index (χ0) is 18.5. The van der Waals surface area contributed by atoms with Gasteiger partial charge in [0.1, 0.15) is 0 Å². The highest BCUT2D eigenvalue weighted by Gasteiger charge is 2.31. The molecule has 1 fully saturated rings. The SMILES string of the molecule is C[N+]1(C)CCCN(S(=O)(=O)c2ccc3c(c2)Cc2cc(Br)ccc2-3)CC1.I. The maximum absolute atomic E-state index is 13.2. The number of benzene rings is 2. The molecule has 1 saturated heterocycles. The highest BCUT2D eigenvalue weighted by Crippen LogP contribution is 2.39. The average Bonchev–Trinajstić information content (AvgIpc) is 2.82. The minimum atomic E-state index is -3.44. The molecule has 1 aliphatic heterocycles. The molecule has 4 nitrogen and oxygen atoms in total. The van der Waals surface area contributed by atoms with Crippen LogP contribution in [0.15, 0.2) is 45.8 Å². The molecular weight excluding hydrogens is 539 g/mol. The van der Waals surface area contributed by atoms with Crippen molar-refractivity contribution in [3.05, 3.63) is 52.0 Å². The van der Waals surface area contributed by atoms with E-state index in [2.05, 4.69) is 42.2 Å². The summed E-state index contributed by atoms with van der Waals surface area (Å²) < 4.78 is 30.0. The lowest BCUT2D eigenvalue weighted by molar-refractivity contribution is -0.888. The molecule has 1 heterocycles. The van der Waals surface area contributed by atoms with Crippen molar-refractivity contribution in [1.82, 2.24) is 4.31 Å². The predicted molar refractivity (Wildman–Crippen MR) is 123 cm³/mol. The van der Waals surface area contributed by atoms with Crippen LogP contribution in [-0.4, -0.2) is 57.5 Å². The molecule has 2 aromatic carbocycles. The molecule has 0 atom stereocenters. The van der Waals surface area contributed by atoms with Crippen LogP contribution in [0.1, 0.15) is 17.5 Å². The van der Waals surface area contributed by atoms with E-state index in [0.29, 0.717) is 18.0 Å². The number of rotatable bonds is 2. The van der Waals surface area contributed by atoms with E-state index >= 15 is 0 Å². The van der Waals surface area contributed by atoms with E-state index < -0.39 is 10.0 Å². The van der Waals surface area contributed by atoms with E-state index in [1.165, 1.54) is 11.1 Å². The van der Waals surface area contributed by atoms with Crippen molar-refractivity contribution < 1.29 is 12.9 Å². The topological polar surface area (TPSA) is 37.4 Å². The second kappa shape index (κ2) is 7.74. The normalized spacial score (nSPS) is 18.9. The maximum atomic E-state index is 13.2. The number of hydrogen-bond acceptors (Lipinski definition) is 2. The number of sulfonamides is 1. The van der Waals surface area contributed by atoms with Gasteiger partial charge in [-0.15, -0.1) is 24.0 Å². The molecule has 0 saturated carbocycles.